The Hall–Kier alpha value is -3.09. The number of benzene rings is 2. The Morgan fingerprint density at radius 1 is 1.14 bits per heavy atom. The standard InChI is InChI=1S/C24H21ClF2N2O6S2/c1-13(30)34-23-21(25)36-24(29-23)28-22(31)20(35-19-11-8-15(26)12-18(19)27)14-6-9-17(10-7-14)37(32,33)16-4-2-3-5-16/h6-12,16,20H,2-5H2,1H3,(H,28,29,31). The molecular formula is C24H21ClF2N2O6S2. The third-order valence-corrected chi connectivity index (χ3v) is 9.07. The topological polar surface area (TPSA) is 112 Å². The van der Waals surface area contributed by atoms with Crippen molar-refractivity contribution in [2.75, 3.05) is 5.32 Å². The second-order valence-corrected chi connectivity index (χ2v) is 12.1. The molecule has 13 heteroatoms. The van der Waals surface area contributed by atoms with Gasteiger partial charge in [0.1, 0.15) is 5.82 Å². The molecule has 1 N–H and O–H groups in total. The average Bonchev–Trinajstić information content (AvgIpc) is 3.49. The number of carbonyl (C=O) groups is 2. The molecule has 0 saturated heterocycles. The van der Waals surface area contributed by atoms with Crippen LogP contribution in [0.2, 0.25) is 4.34 Å². The molecule has 0 spiro atoms. The van der Waals surface area contributed by atoms with E-state index in [1.807, 2.05) is 0 Å². The van der Waals surface area contributed by atoms with Crippen LogP contribution in [0, 0.1) is 11.6 Å². The Morgan fingerprint density at radius 3 is 2.43 bits per heavy atom. The summed E-state index contributed by atoms with van der Waals surface area (Å²) in [5.74, 6) is -3.93. The fourth-order valence-corrected chi connectivity index (χ4v) is 6.68. The van der Waals surface area contributed by atoms with Crippen LogP contribution in [0.25, 0.3) is 0 Å². The van der Waals surface area contributed by atoms with Crippen LogP contribution in [-0.2, 0) is 19.4 Å². The number of hydrogen-bond acceptors (Lipinski definition) is 8. The molecule has 0 aliphatic heterocycles. The van der Waals surface area contributed by atoms with Crippen LogP contribution >= 0.6 is 22.9 Å². The van der Waals surface area contributed by atoms with Crippen LogP contribution in [0.1, 0.15) is 44.3 Å². The zero-order valence-corrected chi connectivity index (χ0v) is 21.8. The van der Waals surface area contributed by atoms with Gasteiger partial charge < -0.3 is 9.47 Å². The van der Waals surface area contributed by atoms with Crippen molar-refractivity contribution in [1.29, 1.82) is 0 Å². The van der Waals surface area contributed by atoms with Crippen molar-refractivity contribution in [2.24, 2.45) is 0 Å². The van der Waals surface area contributed by atoms with Gasteiger partial charge in [-0.3, -0.25) is 14.9 Å². The third-order valence-electron chi connectivity index (χ3n) is 5.66. The van der Waals surface area contributed by atoms with Crippen molar-refractivity contribution < 1.29 is 36.3 Å². The lowest BCUT2D eigenvalue weighted by atomic mass is 10.1. The summed E-state index contributed by atoms with van der Waals surface area (Å²) in [6.07, 6.45) is 1.40. The monoisotopic (exact) mass is 570 g/mol. The molecule has 1 unspecified atom stereocenters. The molecular weight excluding hydrogens is 550 g/mol. The van der Waals surface area contributed by atoms with Crippen LogP contribution in [0.5, 0.6) is 11.6 Å². The SMILES string of the molecule is CC(=O)Oc1nc(NC(=O)C(Oc2ccc(F)cc2F)c2ccc(S(=O)(=O)C3CCCC3)cc2)sc1Cl. The largest absolute Gasteiger partial charge is 0.473 e. The summed E-state index contributed by atoms with van der Waals surface area (Å²) in [4.78, 5) is 28.4. The molecule has 1 aliphatic carbocycles. The number of carbonyl (C=O) groups excluding carboxylic acids is 2. The Balaban J connectivity index is 1.63. The van der Waals surface area contributed by atoms with Gasteiger partial charge in [0, 0.05) is 18.6 Å². The Morgan fingerprint density at radius 2 is 1.81 bits per heavy atom. The minimum Gasteiger partial charge on any atom is -0.473 e. The van der Waals surface area contributed by atoms with Gasteiger partial charge in [-0.15, -0.1) is 0 Å². The number of sulfone groups is 1. The molecule has 2 aromatic carbocycles. The summed E-state index contributed by atoms with van der Waals surface area (Å²) in [7, 11) is -3.54. The molecule has 3 aromatic rings. The van der Waals surface area contributed by atoms with E-state index < -0.39 is 50.5 Å². The van der Waals surface area contributed by atoms with Crippen molar-refractivity contribution in [3.05, 3.63) is 64.0 Å². The Kier molecular flexibility index (Phi) is 8.10. The highest BCUT2D eigenvalue weighted by Crippen LogP contribution is 2.35. The minimum atomic E-state index is -3.54. The molecule has 1 saturated carbocycles. The van der Waals surface area contributed by atoms with Crippen LogP contribution in [0.4, 0.5) is 13.9 Å². The number of esters is 1. The van der Waals surface area contributed by atoms with Crippen LogP contribution in [-0.4, -0.2) is 30.5 Å². The predicted octanol–water partition coefficient (Wildman–Crippen LogP) is 5.48. The van der Waals surface area contributed by atoms with Gasteiger partial charge in [-0.25, -0.2) is 17.2 Å². The van der Waals surface area contributed by atoms with Gasteiger partial charge >= 0.3 is 5.97 Å². The number of nitrogens with zero attached hydrogens (tertiary/aromatic N) is 1. The first-order chi connectivity index (χ1) is 17.5. The highest BCUT2D eigenvalue weighted by atomic mass is 35.5. The summed E-state index contributed by atoms with van der Waals surface area (Å²) in [6.45, 7) is 1.16. The molecule has 0 radical (unpaired) electrons. The van der Waals surface area contributed by atoms with Crippen LogP contribution in [0.15, 0.2) is 47.4 Å². The summed E-state index contributed by atoms with van der Waals surface area (Å²) in [6, 6.07) is 8.13. The van der Waals surface area contributed by atoms with Gasteiger partial charge in [0.2, 0.25) is 6.10 Å². The second kappa shape index (κ2) is 11.1. The van der Waals surface area contributed by atoms with Crippen LogP contribution in [0.3, 0.4) is 0 Å². The quantitative estimate of drug-likeness (QED) is 0.357. The van der Waals surface area contributed by atoms with Crippen LogP contribution < -0.4 is 14.8 Å². The second-order valence-electron chi connectivity index (χ2n) is 8.27. The number of rotatable bonds is 8. The van der Waals surface area contributed by atoms with Crippen molar-refractivity contribution in [1.82, 2.24) is 4.98 Å². The maximum absolute atomic E-state index is 14.3. The Bertz CT molecular complexity index is 1420. The summed E-state index contributed by atoms with van der Waals surface area (Å²) >= 11 is 6.82. The molecule has 196 valence electrons. The molecule has 1 amide bonds. The number of halogens is 3. The fourth-order valence-electron chi connectivity index (χ4n) is 3.91. The third kappa shape index (κ3) is 6.25. The number of thiazole rings is 1. The van der Waals surface area contributed by atoms with Crippen molar-refractivity contribution in [2.45, 2.75) is 48.9 Å². The average molecular weight is 571 g/mol. The number of nitrogens with one attached hydrogen (secondary N) is 1. The lowest BCUT2D eigenvalue weighted by molar-refractivity contribution is -0.132. The molecule has 1 aliphatic rings. The molecule has 1 heterocycles. The van der Waals surface area contributed by atoms with Crippen molar-refractivity contribution in [3.8, 4) is 11.6 Å². The first-order valence-corrected chi connectivity index (χ1v) is 13.9. The lowest BCUT2D eigenvalue weighted by Gasteiger charge is -2.19. The number of amides is 1. The first-order valence-electron chi connectivity index (χ1n) is 11.2. The first kappa shape index (κ1) is 27.0. The molecule has 0 bridgehead atoms. The summed E-state index contributed by atoms with van der Waals surface area (Å²) < 4.78 is 64.0. The molecule has 1 atom stereocenters. The molecule has 1 aromatic heterocycles. The van der Waals surface area contributed by atoms with E-state index in [2.05, 4.69) is 10.3 Å². The molecule has 8 nitrogen and oxygen atoms in total. The van der Waals surface area contributed by atoms with E-state index in [0.717, 1.165) is 43.2 Å². The van der Waals surface area contributed by atoms with Gasteiger partial charge in [0.05, 0.1) is 10.1 Å². The fraction of sp³-hybridized carbons (Fsp3) is 0.292. The van der Waals surface area contributed by atoms with Gasteiger partial charge in [0.15, 0.2) is 30.9 Å². The highest BCUT2D eigenvalue weighted by Gasteiger charge is 2.31. The highest BCUT2D eigenvalue weighted by molar-refractivity contribution is 7.92. The van der Waals surface area contributed by atoms with E-state index in [4.69, 9.17) is 21.1 Å². The van der Waals surface area contributed by atoms with E-state index in [1.165, 1.54) is 24.3 Å². The molecule has 37 heavy (non-hydrogen) atoms. The van der Waals surface area contributed by atoms with Gasteiger partial charge in [-0.05, 0) is 37.1 Å². The van der Waals surface area contributed by atoms with E-state index >= 15 is 0 Å². The zero-order valence-electron chi connectivity index (χ0n) is 19.4. The number of anilines is 1. The lowest BCUT2D eigenvalue weighted by Crippen LogP contribution is -2.26. The summed E-state index contributed by atoms with van der Waals surface area (Å²) in [5.41, 5.74) is 0.203. The Labute approximate surface area is 220 Å². The van der Waals surface area contributed by atoms with E-state index in [9.17, 15) is 26.8 Å². The maximum atomic E-state index is 14.3. The maximum Gasteiger partial charge on any atom is 0.309 e. The number of ether oxygens (including phenoxy) is 2. The van der Waals surface area contributed by atoms with E-state index in [1.54, 1.807) is 0 Å². The van der Waals surface area contributed by atoms with E-state index in [0.29, 0.717) is 18.9 Å². The van der Waals surface area contributed by atoms with Gasteiger partial charge in [-0.2, -0.15) is 4.98 Å². The molecule has 4 rings (SSSR count). The smallest absolute Gasteiger partial charge is 0.309 e. The summed E-state index contributed by atoms with van der Waals surface area (Å²) in [5, 5.41) is 1.99. The normalized spacial score (nSPS) is 14.8. The predicted molar refractivity (Wildman–Crippen MR) is 133 cm³/mol. The number of aromatic nitrogens is 1. The van der Waals surface area contributed by atoms with Crippen molar-refractivity contribution >= 4 is 49.8 Å². The minimum absolute atomic E-state index is 0.00835. The van der Waals surface area contributed by atoms with Crippen molar-refractivity contribution in [3.63, 3.8) is 0 Å². The van der Waals surface area contributed by atoms with Gasteiger partial charge in [0.25, 0.3) is 11.8 Å². The molecule has 1 fully saturated rings. The number of hydrogen-bond donors (Lipinski definition) is 1. The van der Waals surface area contributed by atoms with Gasteiger partial charge in [-0.1, -0.05) is 47.9 Å². The van der Waals surface area contributed by atoms with E-state index in [-0.39, 0.29) is 25.8 Å². The zero-order chi connectivity index (χ0) is 26.7.